The van der Waals surface area contributed by atoms with Gasteiger partial charge in [-0.15, -0.1) is 5.10 Å². The molecule has 134 valence electrons. The summed E-state index contributed by atoms with van der Waals surface area (Å²) in [6, 6.07) is 2.07. The fourth-order valence-electron chi connectivity index (χ4n) is 2.80. The number of carbonyl (C=O) groups excluding carboxylic acids is 1. The standard InChI is InChI=1S/C15H16BrF2N5OS/c16-11-6-9(17)7-12(18)14(11)19-13(24)8-25-15-20-21-22-23(15)10-4-2-1-3-5-10/h6-7,10H,1-5,8H2,(H,19,24). The van der Waals surface area contributed by atoms with Crippen LogP contribution in [0.3, 0.4) is 0 Å². The Bertz CT molecular complexity index is 743. The van der Waals surface area contributed by atoms with Crippen molar-refractivity contribution < 1.29 is 13.6 Å². The Morgan fingerprint density at radius 2 is 2.08 bits per heavy atom. The molecule has 1 aromatic heterocycles. The van der Waals surface area contributed by atoms with Crippen LogP contribution in [0, 0.1) is 11.6 Å². The van der Waals surface area contributed by atoms with Crippen LogP contribution < -0.4 is 5.32 Å². The summed E-state index contributed by atoms with van der Waals surface area (Å²) in [5.74, 6) is -1.95. The number of tetrazole rings is 1. The predicted octanol–water partition coefficient (Wildman–Crippen LogP) is 3.95. The quantitative estimate of drug-likeness (QED) is 0.725. The van der Waals surface area contributed by atoms with E-state index < -0.39 is 17.5 Å². The Kier molecular flexibility index (Phi) is 6.00. The van der Waals surface area contributed by atoms with Gasteiger partial charge in [0, 0.05) is 10.5 Å². The molecule has 0 unspecified atom stereocenters. The molecule has 0 saturated heterocycles. The van der Waals surface area contributed by atoms with Gasteiger partial charge in [-0.1, -0.05) is 31.0 Å². The lowest BCUT2D eigenvalue weighted by Crippen LogP contribution is -2.18. The van der Waals surface area contributed by atoms with Crippen LogP contribution >= 0.6 is 27.7 Å². The second kappa shape index (κ2) is 8.22. The molecule has 0 spiro atoms. The number of thioether (sulfide) groups is 1. The Labute approximate surface area is 155 Å². The largest absolute Gasteiger partial charge is 0.322 e. The van der Waals surface area contributed by atoms with E-state index in [0.29, 0.717) is 5.16 Å². The number of halogens is 3. The lowest BCUT2D eigenvalue weighted by Gasteiger charge is -2.21. The molecule has 0 atom stereocenters. The molecule has 10 heteroatoms. The van der Waals surface area contributed by atoms with E-state index >= 15 is 0 Å². The number of nitrogens with one attached hydrogen (secondary N) is 1. The van der Waals surface area contributed by atoms with Gasteiger partial charge in [-0.2, -0.15) is 0 Å². The van der Waals surface area contributed by atoms with Crippen molar-refractivity contribution >= 4 is 39.3 Å². The van der Waals surface area contributed by atoms with Crippen molar-refractivity contribution in [2.75, 3.05) is 11.1 Å². The summed E-state index contributed by atoms with van der Waals surface area (Å²) in [6.45, 7) is 0. The third-order valence-electron chi connectivity index (χ3n) is 3.99. The van der Waals surface area contributed by atoms with Crippen LogP contribution in [0.15, 0.2) is 21.8 Å². The highest BCUT2D eigenvalue weighted by Gasteiger charge is 2.21. The van der Waals surface area contributed by atoms with Gasteiger partial charge in [-0.25, -0.2) is 13.5 Å². The van der Waals surface area contributed by atoms with Crippen LogP contribution in [0.5, 0.6) is 0 Å². The van der Waals surface area contributed by atoms with Gasteiger partial charge >= 0.3 is 0 Å². The molecule has 0 radical (unpaired) electrons. The lowest BCUT2D eigenvalue weighted by atomic mass is 9.96. The monoisotopic (exact) mass is 431 g/mol. The third kappa shape index (κ3) is 4.55. The summed E-state index contributed by atoms with van der Waals surface area (Å²) in [5, 5.41) is 14.7. The molecule has 1 amide bonds. The maximum Gasteiger partial charge on any atom is 0.234 e. The van der Waals surface area contributed by atoms with Crippen molar-refractivity contribution in [3.63, 3.8) is 0 Å². The van der Waals surface area contributed by atoms with Gasteiger partial charge in [-0.05, 0) is 45.3 Å². The minimum absolute atomic E-state index is 0.0242. The van der Waals surface area contributed by atoms with Gasteiger partial charge in [0.15, 0.2) is 5.82 Å². The summed E-state index contributed by atoms with van der Waals surface area (Å²) in [4.78, 5) is 12.1. The first-order valence-corrected chi connectivity index (χ1v) is 9.67. The molecule has 1 aromatic carbocycles. The Hall–Kier alpha value is -1.55. The second-order valence-electron chi connectivity index (χ2n) is 5.78. The van der Waals surface area contributed by atoms with Gasteiger partial charge in [0.05, 0.1) is 17.5 Å². The zero-order chi connectivity index (χ0) is 17.8. The van der Waals surface area contributed by atoms with E-state index in [-0.39, 0.29) is 22.0 Å². The zero-order valence-electron chi connectivity index (χ0n) is 13.2. The van der Waals surface area contributed by atoms with Gasteiger partial charge in [0.1, 0.15) is 5.82 Å². The van der Waals surface area contributed by atoms with E-state index in [1.807, 2.05) is 0 Å². The van der Waals surface area contributed by atoms with Crippen LogP contribution in [0.25, 0.3) is 0 Å². The molecule has 0 aliphatic heterocycles. The summed E-state index contributed by atoms with van der Waals surface area (Å²) in [6.07, 6.45) is 5.57. The molecule has 25 heavy (non-hydrogen) atoms. The lowest BCUT2D eigenvalue weighted by molar-refractivity contribution is -0.113. The Morgan fingerprint density at radius 3 is 2.80 bits per heavy atom. The summed E-state index contributed by atoms with van der Waals surface area (Å²) in [7, 11) is 0. The van der Waals surface area contributed by atoms with E-state index in [1.54, 1.807) is 4.68 Å². The van der Waals surface area contributed by atoms with Crippen molar-refractivity contribution in [2.45, 2.75) is 43.3 Å². The van der Waals surface area contributed by atoms with Gasteiger partial charge in [0.25, 0.3) is 0 Å². The number of hydrogen-bond donors (Lipinski definition) is 1. The van der Waals surface area contributed by atoms with Crippen molar-refractivity contribution in [2.24, 2.45) is 0 Å². The SMILES string of the molecule is O=C(CSc1nnnn1C1CCCCC1)Nc1c(F)cc(F)cc1Br. The number of carbonyl (C=O) groups is 1. The molecule has 1 aliphatic rings. The fraction of sp³-hybridized carbons (Fsp3) is 0.467. The molecule has 2 aromatic rings. The highest BCUT2D eigenvalue weighted by molar-refractivity contribution is 9.10. The van der Waals surface area contributed by atoms with Crippen LogP contribution in [0.1, 0.15) is 38.1 Å². The first kappa shape index (κ1) is 18.2. The van der Waals surface area contributed by atoms with E-state index in [4.69, 9.17) is 0 Å². The average Bonchev–Trinajstić information content (AvgIpc) is 3.05. The molecule has 3 rings (SSSR count). The number of amides is 1. The topological polar surface area (TPSA) is 72.7 Å². The van der Waals surface area contributed by atoms with Gasteiger partial charge < -0.3 is 5.32 Å². The van der Waals surface area contributed by atoms with Crippen LogP contribution in [0.4, 0.5) is 14.5 Å². The second-order valence-corrected chi connectivity index (χ2v) is 7.58. The van der Waals surface area contributed by atoms with Crippen LogP contribution in [0.2, 0.25) is 0 Å². The molecule has 1 fully saturated rings. The zero-order valence-corrected chi connectivity index (χ0v) is 15.6. The van der Waals surface area contributed by atoms with E-state index in [0.717, 1.165) is 37.8 Å². The number of hydrogen-bond acceptors (Lipinski definition) is 5. The fourth-order valence-corrected chi connectivity index (χ4v) is 4.05. The minimum atomic E-state index is -0.836. The van der Waals surface area contributed by atoms with Crippen molar-refractivity contribution in [1.29, 1.82) is 0 Å². The summed E-state index contributed by atoms with van der Waals surface area (Å²) < 4.78 is 28.8. The average molecular weight is 432 g/mol. The molecule has 0 bridgehead atoms. The number of nitrogens with zero attached hydrogens (tertiary/aromatic N) is 4. The highest BCUT2D eigenvalue weighted by Crippen LogP contribution is 2.31. The number of benzene rings is 1. The molecule has 1 saturated carbocycles. The van der Waals surface area contributed by atoms with Crippen molar-refractivity contribution in [3.05, 3.63) is 28.2 Å². The molecule has 1 N–H and O–H groups in total. The third-order valence-corrected chi connectivity index (χ3v) is 5.55. The first-order valence-electron chi connectivity index (χ1n) is 7.89. The van der Waals surface area contributed by atoms with Gasteiger partial charge in [-0.3, -0.25) is 4.79 Å². The molecule has 1 aliphatic carbocycles. The minimum Gasteiger partial charge on any atom is -0.322 e. The van der Waals surface area contributed by atoms with Crippen molar-refractivity contribution in [3.8, 4) is 0 Å². The van der Waals surface area contributed by atoms with Crippen molar-refractivity contribution in [1.82, 2.24) is 20.2 Å². The first-order chi connectivity index (χ1) is 12.0. The maximum absolute atomic E-state index is 13.8. The Morgan fingerprint density at radius 1 is 1.32 bits per heavy atom. The number of rotatable bonds is 5. The highest BCUT2D eigenvalue weighted by atomic mass is 79.9. The molecular weight excluding hydrogens is 416 g/mol. The van der Waals surface area contributed by atoms with Crippen LogP contribution in [-0.2, 0) is 4.79 Å². The normalized spacial score (nSPS) is 15.3. The maximum atomic E-state index is 13.8. The molecule has 6 nitrogen and oxygen atoms in total. The summed E-state index contributed by atoms with van der Waals surface area (Å²) >= 11 is 4.23. The Balaban J connectivity index is 1.61. The molecule has 1 heterocycles. The predicted molar refractivity (Wildman–Crippen MR) is 93.4 cm³/mol. The molecular formula is C15H16BrF2N5OS. The van der Waals surface area contributed by atoms with E-state index in [1.165, 1.54) is 18.2 Å². The van der Waals surface area contributed by atoms with Gasteiger partial charge in [0.2, 0.25) is 11.1 Å². The van der Waals surface area contributed by atoms with E-state index in [9.17, 15) is 13.6 Å². The van der Waals surface area contributed by atoms with E-state index in [2.05, 4.69) is 36.8 Å². The summed E-state index contributed by atoms with van der Waals surface area (Å²) in [5.41, 5.74) is -0.0844. The number of anilines is 1. The van der Waals surface area contributed by atoms with Crippen LogP contribution in [-0.4, -0.2) is 31.9 Å². The smallest absolute Gasteiger partial charge is 0.234 e. The number of aromatic nitrogens is 4.